The van der Waals surface area contributed by atoms with Crippen LogP contribution in [0.2, 0.25) is 5.02 Å². The van der Waals surface area contributed by atoms with Gasteiger partial charge in [-0.15, -0.1) is 0 Å². The largest absolute Gasteiger partial charge is 0.316 e. The van der Waals surface area contributed by atoms with Gasteiger partial charge in [-0.3, -0.25) is 0 Å². The van der Waals surface area contributed by atoms with Gasteiger partial charge in [0.05, 0.1) is 5.02 Å². The van der Waals surface area contributed by atoms with E-state index >= 15 is 0 Å². The smallest absolute Gasteiger partial charge is 0.144 e. The van der Waals surface area contributed by atoms with Gasteiger partial charge in [-0.05, 0) is 24.1 Å². The number of halogens is 2. The van der Waals surface area contributed by atoms with Gasteiger partial charge < -0.3 is 5.21 Å². The normalized spacial score (nSPS) is 10.3. The van der Waals surface area contributed by atoms with Crippen LogP contribution in [0.25, 0.3) is 0 Å². The molecule has 0 aliphatic carbocycles. The van der Waals surface area contributed by atoms with Crippen LogP contribution in [0.15, 0.2) is 12.1 Å². The summed E-state index contributed by atoms with van der Waals surface area (Å²) < 4.78 is 12.9. The highest BCUT2D eigenvalue weighted by molar-refractivity contribution is 6.30. The van der Waals surface area contributed by atoms with Crippen LogP contribution in [-0.2, 0) is 6.54 Å². The third-order valence-corrected chi connectivity index (χ3v) is 1.83. The van der Waals surface area contributed by atoms with Crippen LogP contribution < -0.4 is 5.48 Å². The van der Waals surface area contributed by atoms with Gasteiger partial charge in [-0.2, -0.15) is 0 Å². The summed E-state index contributed by atoms with van der Waals surface area (Å²) in [6, 6.07) is 3.11. The Morgan fingerprint density at radius 1 is 1.58 bits per heavy atom. The van der Waals surface area contributed by atoms with Crippen molar-refractivity contribution in [2.75, 3.05) is 0 Å². The fourth-order valence-electron chi connectivity index (χ4n) is 0.991. The Bertz CT molecular complexity index is 267. The fraction of sp³-hybridized carbons (Fsp3) is 0.250. The molecule has 12 heavy (non-hydrogen) atoms. The molecule has 0 aromatic heterocycles. The maximum Gasteiger partial charge on any atom is 0.144 e. The highest BCUT2D eigenvalue weighted by atomic mass is 35.5. The van der Waals surface area contributed by atoms with Crippen molar-refractivity contribution in [2.45, 2.75) is 13.5 Å². The van der Waals surface area contributed by atoms with E-state index in [1.807, 2.05) is 5.48 Å². The summed E-state index contributed by atoms with van der Waals surface area (Å²) in [4.78, 5) is 0. The summed E-state index contributed by atoms with van der Waals surface area (Å²) in [7, 11) is 0. The molecule has 0 atom stereocenters. The average molecular weight is 190 g/mol. The summed E-state index contributed by atoms with van der Waals surface area (Å²) in [5, 5.41) is 8.47. The van der Waals surface area contributed by atoms with Gasteiger partial charge in [0.2, 0.25) is 0 Å². The maximum absolute atomic E-state index is 12.9. The van der Waals surface area contributed by atoms with Crippen molar-refractivity contribution in [1.82, 2.24) is 5.48 Å². The first-order chi connectivity index (χ1) is 5.65. The number of aryl methyl sites for hydroxylation is 1. The van der Waals surface area contributed by atoms with Gasteiger partial charge in [0.15, 0.2) is 0 Å². The molecule has 0 radical (unpaired) electrons. The molecule has 1 aromatic rings. The Morgan fingerprint density at radius 3 is 2.75 bits per heavy atom. The monoisotopic (exact) mass is 189 g/mol. The fourth-order valence-corrected chi connectivity index (χ4v) is 1.28. The van der Waals surface area contributed by atoms with Crippen LogP contribution in [0.1, 0.15) is 11.1 Å². The van der Waals surface area contributed by atoms with Crippen LogP contribution >= 0.6 is 11.6 Å². The first-order valence-corrected chi connectivity index (χ1v) is 3.84. The molecule has 0 saturated heterocycles. The van der Waals surface area contributed by atoms with E-state index in [-0.39, 0.29) is 11.6 Å². The van der Waals surface area contributed by atoms with Crippen molar-refractivity contribution < 1.29 is 9.60 Å². The van der Waals surface area contributed by atoms with E-state index in [0.29, 0.717) is 5.56 Å². The number of rotatable bonds is 2. The van der Waals surface area contributed by atoms with Crippen LogP contribution in [0.5, 0.6) is 0 Å². The molecule has 1 aromatic carbocycles. The number of hydrogen-bond acceptors (Lipinski definition) is 2. The molecule has 0 heterocycles. The number of hydroxylamine groups is 1. The molecule has 2 N–H and O–H groups in total. The topological polar surface area (TPSA) is 32.3 Å². The van der Waals surface area contributed by atoms with E-state index in [1.54, 1.807) is 13.0 Å². The van der Waals surface area contributed by atoms with E-state index in [0.717, 1.165) is 5.56 Å². The molecule has 4 heteroatoms. The van der Waals surface area contributed by atoms with Gasteiger partial charge in [-0.25, -0.2) is 9.87 Å². The van der Waals surface area contributed by atoms with E-state index in [9.17, 15) is 4.39 Å². The third-order valence-electron chi connectivity index (χ3n) is 1.55. The van der Waals surface area contributed by atoms with E-state index in [2.05, 4.69) is 0 Å². The zero-order valence-corrected chi connectivity index (χ0v) is 7.32. The molecule has 0 bridgehead atoms. The van der Waals surface area contributed by atoms with Crippen molar-refractivity contribution in [3.63, 3.8) is 0 Å². The Morgan fingerprint density at radius 2 is 2.25 bits per heavy atom. The predicted molar refractivity (Wildman–Crippen MR) is 44.8 cm³/mol. The predicted octanol–water partition coefficient (Wildman–Crippen LogP) is 2.27. The molecule has 1 rings (SSSR count). The van der Waals surface area contributed by atoms with Crippen molar-refractivity contribution >= 4 is 11.6 Å². The standard InChI is InChI=1S/C8H9ClFNO/c1-5-2-6(4-11-12)3-7(9)8(5)10/h2-3,11-12H,4H2,1H3. The lowest BCUT2D eigenvalue weighted by Crippen LogP contribution is -2.06. The average Bonchev–Trinajstić information content (AvgIpc) is 2.01. The van der Waals surface area contributed by atoms with Gasteiger partial charge in [0.1, 0.15) is 5.82 Å². The van der Waals surface area contributed by atoms with Gasteiger partial charge in [0.25, 0.3) is 0 Å². The lowest BCUT2D eigenvalue weighted by Gasteiger charge is -2.03. The minimum atomic E-state index is -0.404. The van der Waals surface area contributed by atoms with Crippen molar-refractivity contribution in [3.8, 4) is 0 Å². The molecule has 0 amide bonds. The van der Waals surface area contributed by atoms with Crippen LogP contribution in [0.3, 0.4) is 0 Å². The molecule has 66 valence electrons. The Kier molecular flexibility index (Phi) is 3.03. The van der Waals surface area contributed by atoms with Gasteiger partial charge in [0, 0.05) is 6.54 Å². The SMILES string of the molecule is Cc1cc(CNO)cc(Cl)c1F. The summed E-state index contributed by atoms with van der Waals surface area (Å²) >= 11 is 5.57. The molecule has 0 aliphatic rings. The van der Waals surface area contributed by atoms with Crippen molar-refractivity contribution in [2.24, 2.45) is 0 Å². The van der Waals surface area contributed by atoms with Gasteiger partial charge in [-0.1, -0.05) is 17.7 Å². The molecule has 0 aliphatic heterocycles. The third kappa shape index (κ3) is 1.94. The lowest BCUT2D eigenvalue weighted by molar-refractivity contribution is 0.161. The summed E-state index contributed by atoms with van der Waals surface area (Å²) in [6.45, 7) is 1.89. The molecule has 0 spiro atoms. The second kappa shape index (κ2) is 3.85. The summed E-state index contributed by atoms with van der Waals surface area (Å²) in [5.74, 6) is -0.404. The Balaban J connectivity index is 3.04. The second-order valence-corrected chi connectivity index (χ2v) is 2.95. The van der Waals surface area contributed by atoms with Crippen molar-refractivity contribution in [3.05, 3.63) is 34.1 Å². The zero-order valence-electron chi connectivity index (χ0n) is 6.56. The Hall–Kier alpha value is -0.640. The highest BCUT2D eigenvalue weighted by Gasteiger charge is 2.04. The number of nitrogens with one attached hydrogen (secondary N) is 1. The zero-order chi connectivity index (χ0) is 9.14. The van der Waals surface area contributed by atoms with Crippen LogP contribution in [0.4, 0.5) is 4.39 Å². The Labute approximate surface area is 74.9 Å². The maximum atomic E-state index is 12.9. The van der Waals surface area contributed by atoms with E-state index in [1.165, 1.54) is 6.07 Å². The van der Waals surface area contributed by atoms with Crippen molar-refractivity contribution in [1.29, 1.82) is 0 Å². The molecule has 0 fully saturated rings. The highest BCUT2D eigenvalue weighted by Crippen LogP contribution is 2.19. The molecule has 0 saturated carbocycles. The molecular weight excluding hydrogens is 181 g/mol. The number of benzene rings is 1. The second-order valence-electron chi connectivity index (χ2n) is 2.54. The minimum absolute atomic E-state index is 0.0836. The van der Waals surface area contributed by atoms with Gasteiger partial charge >= 0.3 is 0 Å². The van der Waals surface area contributed by atoms with E-state index < -0.39 is 5.82 Å². The summed E-state index contributed by atoms with van der Waals surface area (Å²) in [5.41, 5.74) is 3.21. The number of hydrogen-bond donors (Lipinski definition) is 2. The van der Waals surface area contributed by atoms with E-state index in [4.69, 9.17) is 16.8 Å². The molecular formula is C8H9ClFNO. The quantitative estimate of drug-likeness (QED) is 0.700. The first kappa shape index (κ1) is 9.45. The minimum Gasteiger partial charge on any atom is -0.316 e. The first-order valence-electron chi connectivity index (χ1n) is 3.46. The van der Waals surface area contributed by atoms with Crippen LogP contribution in [-0.4, -0.2) is 5.21 Å². The lowest BCUT2D eigenvalue weighted by atomic mass is 10.1. The summed E-state index contributed by atoms with van der Waals surface area (Å²) in [6.07, 6.45) is 0. The molecule has 0 unspecified atom stereocenters. The van der Waals surface area contributed by atoms with Crippen LogP contribution in [0, 0.1) is 12.7 Å². The molecule has 2 nitrogen and oxygen atoms in total.